The van der Waals surface area contributed by atoms with Crippen LogP contribution in [0.3, 0.4) is 0 Å². The van der Waals surface area contributed by atoms with E-state index in [9.17, 15) is 9.90 Å². The van der Waals surface area contributed by atoms with Crippen molar-refractivity contribution < 1.29 is 14.6 Å². The van der Waals surface area contributed by atoms with Crippen molar-refractivity contribution in [3.63, 3.8) is 0 Å². The summed E-state index contributed by atoms with van der Waals surface area (Å²) in [6.45, 7) is 2.60. The molecule has 1 aromatic carbocycles. The first-order valence-electron chi connectivity index (χ1n) is 5.88. The van der Waals surface area contributed by atoms with Crippen molar-refractivity contribution in [2.75, 3.05) is 20.3 Å². The number of benzene rings is 1. The van der Waals surface area contributed by atoms with Crippen LogP contribution in [-0.2, 0) is 4.74 Å². The first kappa shape index (κ1) is 14.5. The summed E-state index contributed by atoms with van der Waals surface area (Å²) >= 11 is 0. The molecule has 1 unspecified atom stereocenters. The molecule has 5 heteroatoms. The Morgan fingerprint density at radius 3 is 2.89 bits per heavy atom. The number of phenolic OH excluding ortho intramolecular Hbond substituents is 1. The summed E-state index contributed by atoms with van der Waals surface area (Å²) in [4.78, 5) is 12.0. The van der Waals surface area contributed by atoms with Crippen LogP contribution in [0.4, 0.5) is 0 Å². The number of amides is 1. The molecule has 0 fully saturated rings. The summed E-state index contributed by atoms with van der Waals surface area (Å²) in [6.07, 6.45) is 0.663. The Morgan fingerprint density at radius 2 is 2.28 bits per heavy atom. The quantitative estimate of drug-likeness (QED) is 0.699. The smallest absolute Gasteiger partial charge is 0.251 e. The number of nitrogens with two attached hydrogens (primary N) is 1. The predicted molar refractivity (Wildman–Crippen MR) is 69.6 cm³/mol. The second kappa shape index (κ2) is 6.98. The highest BCUT2D eigenvalue weighted by atomic mass is 16.5. The molecule has 1 aromatic rings. The molecule has 5 nitrogen and oxygen atoms in total. The number of hydrogen-bond acceptors (Lipinski definition) is 4. The molecule has 0 bridgehead atoms. The lowest BCUT2D eigenvalue weighted by molar-refractivity contribution is 0.0925. The van der Waals surface area contributed by atoms with Crippen LogP contribution in [0.15, 0.2) is 18.2 Å². The number of hydrogen-bond donors (Lipinski definition) is 3. The first-order valence-corrected chi connectivity index (χ1v) is 5.88. The van der Waals surface area contributed by atoms with Crippen molar-refractivity contribution in [2.45, 2.75) is 19.4 Å². The minimum Gasteiger partial charge on any atom is -0.508 e. The number of ether oxygens (including phenoxy) is 1. The molecule has 4 N–H and O–H groups in total. The predicted octanol–water partition coefficient (Wildman–Crippen LogP) is 0.794. The van der Waals surface area contributed by atoms with E-state index in [0.717, 1.165) is 0 Å². The van der Waals surface area contributed by atoms with Gasteiger partial charge in [-0.05, 0) is 25.5 Å². The van der Waals surface area contributed by atoms with Crippen molar-refractivity contribution in [3.8, 4) is 5.75 Å². The van der Waals surface area contributed by atoms with Gasteiger partial charge in [0.05, 0.1) is 0 Å². The van der Waals surface area contributed by atoms with Crippen molar-refractivity contribution in [1.29, 1.82) is 0 Å². The van der Waals surface area contributed by atoms with E-state index < -0.39 is 0 Å². The van der Waals surface area contributed by atoms with Crippen molar-refractivity contribution in [2.24, 2.45) is 5.73 Å². The molecule has 1 atom stereocenters. The summed E-state index contributed by atoms with van der Waals surface area (Å²) in [6, 6.07) is 4.74. The Hall–Kier alpha value is -1.59. The normalized spacial score (nSPS) is 12.2. The van der Waals surface area contributed by atoms with Gasteiger partial charge in [-0.15, -0.1) is 0 Å². The van der Waals surface area contributed by atoms with Gasteiger partial charge >= 0.3 is 0 Å². The number of methoxy groups -OCH3 is 1. The molecular weight excluding hydrogens is 232 g/mol. The monoisotopic (exact) mass is 252 g/mol. The van der Waals surface area contributed by atoms with Gasteiger partial charge < -0.3 is 20.9 Å². The van der Waals surface area contributed by atoms with Gasteiger partial charge in [0.1, 0.15) is 5.75 Å². The number of rotatable bonds is 6. The van der Waals surface area contributed by atoms with E-state index in [2.05, 4.69) is 5.32 Å². The molecule has 0 aliphatic carbocycles. The molecular formula is C13H20N2O3. The molecule has 0 heterocycles. The largest absolute Gasteiger partial charge is 0.508 e. The molecule has 0 aliphatic rings. The average molecular weight is 252 g/mol. The number of nitrogens with one attached hydrogen (secondary N) is 1. The van der Waals surface area contributed by atoms with Crippen LogP contribution in [0.5, 0.6) is 5.75 Å². The fourth-order valence-electron chi connectivity index (χ4n) is 1.64. The Balaban J connectivity index is 2.72. The minimum absolute atomic E-state index is 0.115. The molecule has 1 amide bonds. The summed E-state index contributed by atoms with van der Waals surface area (Å²) in [7, 11) is 1.61. The lowest BCUT2D eigenvalue weighted by Crippen LogP contribution is -2.41. The zero-order chi connectivity index (χ0) is 13.5. The van der Waals surface area contributed by atoms with E-state index in [-0.39, 0.29) is 17.7 Å². The van der Waals surface area contributed by atoms with Crippen LogP contribution >= 0.6 is 0 Å². The third-order valence-electron chi connectivity index (χ3n) is 2.84. The van der Waals surface area contributed by atoms with Crippen molar-refractivity contribution in [3.05, 3.63) is 29.3 Å². The van der Waals surface area contributed by atoms with Crippen LogP contribution in [0.2, 0.25) is 0 Å². The van der Waals surface area contributed by atoms with Crippen LogP contribution < -0.4 is 11.1 Å². The van der Waals surface area contributed by atoms with Gasteiger partial charge in [0, 0.05) is 37.4 Å². The van der Waals surface area contributed by atoms with Crippen LogP contribution in [0, 0.1) is 6.92 Å². The van der Waals surface area contributed by atoms with Crippen molar-refractivity contribution in [1.82, 2.24) is 5.32 Å². The van der Waals surface area contributed by atoms with E-state index in [4.69, 9.17) is 10.5 Å². The van der Waals surface area contributed by atoms with E-state index in [0.29, 0.717) is 30.7 Å². The van der Waals surface area contributed by atoms with Gasteiger partial charge in [0.15, 0.2) is 0 Å². The fraction of sp³-hybridized carbons (Fsp3) is 0.462. The third kappa shape index (κ3) is 3.72. The Labute approximate surface area is 107 Å². The lowest BCUT2D eigenvalue weighted by Gasteiger charge is -2.17. The van der Waals surface area contributed by atoms with Crippen molar-refractivity contribution >= 4 is 5.91 Å². The number of phenols is 1. The number of carbonyl (C=O) groups is 1. The van der Waals surface area contributed by atoms with Gasteiger partial charge in [-0.3, -0.25) is 4.79 Å². The summed E-state index contributed by atoms with van der Waals surface area (Å²) in [5, 5.41) is 12.4. The highest BCUT2D eigenvalue weighted by Crippen LogP contribution is 2.19. The first-order chi connectivity index (χ1) is 8.60. The van der Waals surface area contributed by atoms with Crippen LogP contribution in [0.1, 0.15) is 22.3 Å². The topological polar surface area (TPSA) is 84.6 Å². The molecule has 1 rings (SSSR count). The molecule has 0 radical (unpaired) electrons. The molecule has 100 valence electrons. The molecule has 0 saturated heterocycles. The molecule has 0 saturated carbocycles. The van der Waals surface area contributed by atoms with Gasteiger partial charge in [0.25, 0.3) is 5.91 Å². The minimum atomic E-state index is -0.227. The number of carbonyl (C=O) groups excluding carboxylic acids is 1. The van der Waals surface area contributed by atoms with Crippen LogP contribution in [0.25, 0.3) is 0 Å². The summed E-state index contributed by atoms with van der Waals surface area (Å²) in [5.41, 5.74) is 6.62. The Bertz CT molecular complexity index is 407. The second-order valence-corrected chi connectivity index (χ2v) is 4.14. The third-order valence-corrected chi connectivity index (χ3v) is 2.84. The van der Waals surface area contributed by atoms with E-state index >= 15 is 0 Å². The van der Waals surface area contributed by atoms with Gasteiger partial charge in [-0.25, -0.2) is 0 Å². The highest BCUT2D eigenvalue weighted by molar-refractivity contribution is 5.96. The molecule has 0 spiro atoms. The maximum Gasteiger partial charge on any atom is 0.251 e. The van der Waals surface area contributed by atoms with Crippen LogP contribution in [-0.4, -0.2) is 37.3 Å². The maximum absolute atomic E-state index is 12.0. The van der Waals surface area contributed by atoms with Gasteiger partial charge in [0.2, 0.25) is 0 Å². The van der Waals surface area contributed by atoms with Gasteiger partial charge in [-0.1, -0.05) is 6.07 Å². The molecule has 0 aliphatic heterocycles. The summed E-state index contributed by atoms with van der Waals surface area (Å²) in [5.74, 6) is -0.112. The highest BCUT2D eigenvalue weighted by Gasteiger charge is 2.15. The Kier molecular flexibility index (Phi) is 5.61. The van der Waals surface area contributed by atoms with Gasteiger partial charge in [-0.2, -0.15) is 0 Å². The average Bonchev–Trinajstić information content (AvgIpc) is 2.37. The Morgan fingerprint density at radius 1 is 1.56 bits per heavy atom. The molecule has 18 heavy (non-hydrogen) atoms. The molecule has 0 aromatic heterocycles. The zero-order valence-corrected chi connectivity index (χ0v) is 10.8. The second-order valence-electron chi connectivity index (χ2n) is 4.14. The SMILES string of the molecule is COCCC(CN)NC(=O)c1cccc(O)c1C. The van der Waals surface area contributed by atoms with E-state index in [1.54, 1.807) is 32.2 Å². The zero-order valence-electron chi connectivity index (χ0n) is 10.8. The lowest BCUT2D eigenvalue weighted by atomic mass is 10.1. The van der Waals surface area contributed by atoms with E-state index in [1.165, 1.54) is 0 Å². The fourth-order valence-corrected chi connectivity index (χ4v) is 1.64. The standard InChI is InChI=1S/C13H20N2O3/c1-9-11(4-3-5-12(9)16)13(17)15-10(8-14)6-7-18-2/h3-5,10,16H,6-8,14H2,1-2H3,(H,15,17). The number of aromatic hydroxyl groups is 1. The summed E-state index contributed by atoms with van der Waals surface area (Å²) < 4.78 is 4.96. The maximum atomic E-state index is 12.0. The van der Waals surface area contributed by atoms with E-state index in [1.807, 2.05) is 0 Å².